The maximum absolute atomic E-state index is 11.4. The first kappa shape index (κ1) is 29.2. The van der Waals surface area contributed by atoms with E-state index in [1.807, 2.05) is 0 Å². The van der Waals surface area contributed by atoms with Gasteiger partial charge in [-0.15, -0.1) is 0 Å². The van der Waals surface area contributed by atoms with Crippen molar-refractivity contribution in [3.63, 3.8) is 0 Å². The minimum absolute atomic E-state index is 0. The lowest BCUT2D eigenvalue weighted by atomic mass is 9.94. The number of carbonyl (C=O) groups excluding carboxylic acids is 2. The predicted molar refractivity (Wildman–Crippen MR) is 131 cm³/mol. The first-order valence-corrected chi connectivity index (χ1v) is 11.2. The fourth-order valence-corrected chi connectivity index (χ4v) is 4.07. The third-order valence-corrected chi connectivity index (χ3v) is 5.62. The molecule has 0 saturated carbocycles. The van der Waals surface area contributed by atoms with Crippen molar-refractivity contribution in [1.29, 1.82) is 0 Å². The van der Waals surface area contributed by atoms with Crippen LogP contribution in [0.5, 0.6) is 0 Å². The summed E-state index contributed by atoms with van der Waals surface area (Å²) < 4.78 is 13.2. The molecule has 4 N–H and O–H groups in total. The van der Waals surface area contributed by atoms with Gasteiger partial charge in [-0.3, -0.25) is 19.0 Å². The SMILES string of the molecule is C.C.CCOC(=O)Cn1ncc2c1CCC[C@@H]2N.CCOC(=O)Cn1ncc2c1C[CH+]C[C@H]2N. The zero-order valence-electron chi connectivity index (χ0n) is 18.8. The number of rotatable bonds is 6. The average Bonchev–Trinajstić information content (AvgIpc) is 3.35. The Balaban J connectivity index is 0.000000321. The van der Waals surface area contributed by atoms with E-state index in [9.17, 15) is 9.59 Å². The molecule has 2 aliphatic carbocycles. The van der Waals surface area contributed by atoms with Crippen molar-refractivity contribution in [3.8, 4) is 0 Å². The van der Waals surface area contributed by atoms with Gasteiger partial charge in [-0.1, -0.05) is 14.9 Å². The molecule has 2 aromatic rings. The van der Waals surface area contributed by atoms with Crippen molar-refractivity contribution in [2.24, 2.45) is 11.5 Å². The van der Waals surface area contributed by atoms with Crippen LogP contribution in [0.1, 0.15) is 82.6 Å². The molecule has 0 radical (unpaired) electrons. The summed E-state index contributed by atoms with van der Waals surface area (Å²) in [7, 11) is 0. The van der Waals surface area contributed by atoms with Crippen LogP contribution in [0.3, 0.4) is 0 Å². The van der Waals surface area contributed by atoms with Crippen molar-refractivity contribution in [1.82, 2.24) is 19.6 Å². The van der Waals surface area contributed by atoms with Crippen LogP contribution in [-0.4, -0.2) is 44.7 Å². The van der Waals surface area contributed by atoms with Gasteiger partial charge in [0.2, 0.25) is 0 Å². The summed E-state index contributed by atoms with van der Waals surface area (Å²) in [6.07, 6.45) is 10.4. The molecule has 2 aromatic heterocycles. The zero-order chi connectivity index (χ0) is 23.1. The smallest absolute Gasteiger partial charge is 0.327 e. The van der Waals surface area contributed by atoms with Crippen LogP contribution in [0, 0.1) is 6.42 Å². The van der Waals surface area contributed by atoms with E-state index in [4.69, 9.17) is 20.9 Å². The second-order valence-electron chi connectivity index (χ2n) is 7.85. The standard InChI is InChI=1S/C11H17N3O2.C11H16N3O2.2CH4/c2*1-2-16-11(15)7-14-10-5-3-4-9(12)8(10)6-13-14;;/h6,9H,2-5,7,12H2,1H3;3,6,9H,2,4-5,7,12H2,1H3;2*1H4/q;+1;;/t2*9-;;/m01../s1. The molecule has 34 heavy (non-hydrogen) atoms. The minimum Gasteiger partial charge on any atom is -0.465 e. The van der Waals surface area contributed by atoms with E-state index in [1.165, 1.54) is 0 Å². The van der Waals surface area contributed by atoms with Gasteiger partial charge in [-0.05, 0) is 33.1 Å². The monoisotopic (exact) mass is 477 g/mol. The molecule has 10 heteroatoms. The highest BCUT2D eigenvalue weighted by molar-refractivity contribution is 5.69. The molecule has 0 bridgehead atoms. The van der Waals surface area contributed by atoms with Gasteiger partial charge in [-0.2, -0.15) is 10.2 Å². The van der Waals surface area contributed by atoms with E-state index in [-0.39, 0.29) is 52.0 Å². The van der Waals surface area contributed by atoms with Crippen LogP contribution >= 0.6 is 0 Å². The van der Waals surface area contributed by atoms with Crippen molar-refractivity contribution >= 4 is 11.9 Å². The molecule has 190 valence electrons. The molecule has 2 aliphatic rings. The summed E-state index contributed by atoms with van der Waals surface area (Å²) in [5.74, 6) is -0.500. The lowest BCUT2D eigenvalue weighted by molar-refractivity contribution is -0.145. The van der Waals surface area contributed by atoms with Crippen molar-refractivity contribution in [2.45, 2.75) is 86.0 Å². The molecule has 0 amide bonds. The van der Waals surface area contributed by atoms with E-state index < -0.39 is 0 Å². The van der Waals surface area contributed by atoms with Crippen LogP contribution in [0.25, 0.3) is 0 Å². The predicted octanol–water partition coefficient (Wildman–Crippen LogP) is 2.65. The summed E-state index contributed by atoms with van der Waals surface area (Å²) in [6, 6.07) is 0.0828. The number of aromatic nitrogens is 4. The molecule has 0 fully saturated rings. The lowest BCUT2D eigenvalue weighted by Gasteiger charge is -2.19. The molecule has 0 saturated heterocycles. The lowest BCUT2D eigenvalue weighted by Crippen LogP contribution is -2.21. The number of hydrogen-bond acceptors (Lipinski definition) is 8. The molecule has 0 spiro atoms. The highest BCUT2D eigenvalue weighted by Crippen LogP contribution is 2.28. The number of ether oxygens (including phenoxy) is 2. The Labute approximate surface area is 203 Å². The number of nitrogens with zero attached hydrogens (tertiary/aromatic N) is 4. The highest BCUT2D eigenvalue weighted by Gasteiger charge is 2.27. The second kappa shape index (κ2) is 13.8. The van der Waals surface area contributed by atoms with Crippen molar-refractivity contribution in [2.75, 3.05) is 13.2 Å². The van der Waals surface area contributed by atoms with Crippen LogP contribution < -0.4 is 11.5 Å². The van der Waals surface area contributed by atoms with E-state index in [0.717, 1.165) is 54.6 Å². The maximum atomic E-state index is 11.4. The Hall–Kier alpha value is -2.85. The molecule has 10 nitrogen and oxygen atoms in total. The van der Waals surface area contributed by atoms with Gasteiger partial charge in [0.25, 0.3) is 0 Å². The average molecular weight is 478 g/mol. The van der Waals surface area contributed by atoms with Gasteiger partial charge in [0.1, 0.15) is 25.9 Å². The minimum atomic E-state index is -0.257. The van der Waals surface area contributed by atoms with E-state index in [0.29, 0.717) is 13.2 Å². The van der Waals surface area contributed by atoms with Gasteiger partial charge in [-0.25, -0.2) is 0 Å². The van der Waals surface area contributed by atoms with Gasteiger partial charge in [0.05, 0.1) is 43.8 Å². The summed E-state index contributed by atoms with van der Waals surface area (Å²) in [4.78, 5) is 22.7. The Bertz CT molecular complexity index is 848. The van der Waals surface area contributed by atoms with Crippen LogP contribution in [0.4, 0.5) is 0 Å². The van der Waals surface area contributed by atoms with E-state index >= 15 is 0 Å². The third kappa shape index (κ3) is 7.07. The molecule has 2 heterocycles. The first-order valence-electron chi connectivity index (χ1n) is 11.2. The fraction of sp³-hybridized carbons (Fsp3) is 0.625. The molecule has 0 aromatic carbocycles. The van der Waals surface area contributed by atoms with Gasteiger partial charge >= 0.3 is 11.9 Å². The molecular formula is C24H41N6O4+. The third-order valence-electron chi connectivity index (χ3n) is 5.62. The van der Waals surface area contributed by atoms with Crippen molar-refractivity contribution in [3.05, 3.63) is 41.3 Å². The van der Waals surface area contributed by atoms with Gasteiger partial charge < -0.3 is 20.9 Å². The number of carbonyl (C=O) groups is 2. The normalized spacial score (nSPS) is 17.9. The Morgan fingerprint density at radius 2 is 1.50 bits per heavy atom. The fourth-order valence-electron chi connectivity index (χ4n) is 4.07. The Kier molecular flexibility index (Phi) is 11.8. The van der Waals surface area contributed by atoms with Gasteiger partial charge in [0.15, 0.2) is 0 Å². The summed E-state index contributed by atoms with van der Waals surface area (Å²) in [6.45, 7) is 4.75. The topological polar surface area (TPSA) is 140 Å². The number of hydrogen-bond donors (Lipinski definition) is 2. The number of fused-ring (bicyclic) bond motifs is 2. The van der Waals surface area contributed by atoms with Crippen molar-refractivity contribution < 1.29 is 19.1 Å². The molecular weight excluding hydrogens is 436 g/mol. The highest BCUT2D eigenvalue weighted by atomic mass is 16.5. The quantitative estimate of drug-likeness (QED) is 0.478. The summed E-state index contributed by atoms with van der Waals surface area (Å²) in [5.41, 5.74) is 16.2. The summed E-state index contributed by atoms with van der Waals surface area (Å²) >= 11 is 0. The summed E-state index contributed by atoms with van der Waals surface area (Å²) in [5, 5.41) is 8.39. The Morgan fingerprint density at radius 1 is 0.971 bits per heavy atom. The van der Waals surface area contributed by atoms with Gasteiger partial charge in [0, 0.05) is 22.9 Å². The van der Waals surface area contributed by atoms with Crippen LogP contribution in [0.15, 0.2) is 12.4 Å². The molecule has 0 aliphatic heterocycles. The van der Waals surface area contributed by atoms with E-state index in [2.05, 4.69) is 16.6 Å². The maximum Gasteiger partial charge on any atom is 0.327 e. The first-order chi connectivity index (χ1) is 15.4. The molecule has 2 atom stereocenters. The molecule has 4 rings (SSSR count). The number of nitrogens with two attached hydrogens (primary N) is 2. The zero-order valence-corrected chi connectivity index (χ0v) is 18.8. The van der Waals surface area contributed by atoms with E-state index in [1.54, 1.807) is 35.6 Å². The largest absolute Gasteiger partial charge is 0.465 e. The van der Waals surface area contributed by atoms with Crippen LogP contribution in [0.2, 0.25) is 0 Å². The number of esters is 2. The second-order valence-corrected chi connectivity index (χ2v) is 7.85. The Morgan fingerprint density at radius 3 is 2.06 bits per heavy atom. The molecule has 0 unspecified atom stereocenters. The van der Waals surface area contributed by atoms with Crippen LogP contribution in [-0.2, 0) is 45.0 Å².